The number of nitrogens with two attached hydrogens (primary N) is 1. The molecule has 0 aliphatic carbocycles. The summed E-state index contributed by atoms with van der Waals surface area (Å²) < 4.78 is 25.5. The molecule has 1 nitrogen and oxygen atoms in total. The summed E-state index contributed by atoms with van der Waals surface area (Å²) in [5.74, 6) is 0. The molecule has 1 unspecified atom stereocenters. The summed E-state index contributed by atoms with van der Waals surface area (Å²) in [4.78, 5) is 0. The van der Waals surface area contributed by atoms with Gasteiger partial charge in [-0.15, -0.1) is 0 Å². The Morgan fingerprint density at radius 1 is 1.06 bits per heavy atom. The number of fused-ring (bicyclic) bond motifs is 1. The Bertz CT molecular complexity index is 506. The minimum absolute atomic E-state index is 0.459. The second kappa shape index (κ2) is 3.83. The standard InChI is InChI=1S/C13H13F2N/c1-13(16,12(14)15)11-7-6-9-4-2-3-5-10(9)8-11/h2-8,12H,16H2,1H3. The van der Waals surface area contributed by atoms with Crippen molar-refractivity contribution in [2.75, 3.05) is 0 Å². The van der Waals surface area contributed by atoms with Gasteiger partial charge < -0.3 is 5.73 Å². The monoisotopic (exact) mass is 221 g/mol. The van der Waals surface area contributed by atoms with Crippen molar-refractivity contribution in [1.29, 1.82) is 0 Å². The molecule has 0 spiro atoms. The SMILES string of the molecule is CC(N)(c1ccc2ccccc2c1)C(F)F. The highest BCUT2D eigenvalue weighted by Crippen LogP contribution is 2.27. The van der Waals surface area contributed by atoms with E-state index in [1.807, 2.05) is 30.3 Å². The Labute approximate surface area is 92.9 Å². The van der Waals surface area contributed by atoms with Crippen molar-refractivity contribution in [1.82, 2.24) is 0 Å². The fraction of sp³-hybridized carbons (Fsp3) is 0.231. The van der Waals surface area contributed by atoms with Crippen LogP contribution in [-0.4, -0.2) is 6.43 Å². The summed E-state index contributed by atoms with van der Waals surface area (Å²) in [5, 5.41) is 1.95. The lowest BCUT2D eigenvalue weighted by molar-refractivity contribution is 0.0626. The molecule has 16 heavy (non-hydrogen) atoms. The van der Waals surface area contributed by atoms with Crippen LogP contribution in [0.2, 0.25) is 0 Å². The maximum Gasteiger partial charge on any atom is 0.260 e. The molecule has 0 aromatic heterocycles. The normalized spacial score (nSPS) is 15.3. The molecule has 3 heteroatoms. The molecule has 0 fully saturated rings. The fourth-order valence-corrected chi connectivity index (χ4v) is 1.65. The van der Waals surface area contributed by atoms with Gasteiger partial charge in [0.05, 0.1) is 5.54 Å². The Kier molecular flexibility index (Phi) is 2.64. The quantitative estimate of drug-likeness (QED) is 0.827. The van der Waals surface area contributed by atoms with Crippen LogP contribution in [0.5, 0.6) is 0 Å². The van der Waals surface area contributed by atoms with Crippen molar-refractivity contribution in [3.63, 3.8) is 0 Å². The molecule has 0 heterocycles. The summed E-state index contributed by atoms with van der Waals surface area (Å²) in [5.41, 5.74) is 4.49. The first-order valence-corrected chi connectivity index (χ1v) is 5.08. The van der Waals surface area contributed by atoms with E-state index in [-0.39, 0.29) is 0 Å². The third-order valence-corrected chi connectivity index (χ3v) is 2.82. The molecule has 0 aliphatic heterocycles. The zero-order valence-corrected chi connectivity index (χ0v) is 8.95. The van der Waals surface area contributed by atoms with E-state index in [4.69, 9.17) is 5.73 Å². The Morgan fingerprint density at radius 3 is 2.31 bits per heavy atom. The maximum absolute atomic E-state index is 12.8. The molecule has 1 atom stereocenters. The first-order valence-electron chi connectivity index (χ1n) is 5.08. The third-order valence-electron chi connectivity index (χ3n) is 2.82. The first kappa shape index (κ1) is 11.0. The van der Waals surface area contributed by atoms with E-state index in [1.165, 1.54) is 6.92 Å². The zero-order chi connectivity index (χ0) is 11.8. The van der Waals surface area contributed by atoms with E-state index in [9.17, 15) is 8.78 Å². The minimum Gasteiger partial charge on any atom is -0.317 e. The molecular formula is C13H13F2N. The van der Waals surface area contributed by atoms with Crippen LogP contribution in [0.4, 0.5) is 8.78 Å². The fourth-order valence-electron chi connectivity index (χ4n) is 1.65. The summed E-state index contributed by atoms with van der Waals surface area (Å²) in [6, 6.07) is 12.8. The van der Waals surface area contributed by atoms with Gasteiger partial charge in [0.25, 0.3) is 6.43 Å². The van der Waals surface area contributed by atoms with Gasteiger partial charge in [0.2, 0.25) is 0 Å². The van der Waals surface area contributed by atoms with Crippen LogP contribution < -0.4 is 5.73 Å². The average molecular weight is 221 g/mol. The van der Waals surface area contributed by atoms with Crippen molar-refractivity contribution in [2.24, 2.45) is 5.73 Å². The van der Waals surface area contributed by atoms with E-state index in [2.05, 4.69) is 0 Å². The molecule has 0 bridgehead atoms. The summed E-state index contributed by atoms with van der Waals surface area (Å²) >= 11 is 0. The van der Waals surface area contributed by atoms with Gasteiger partial charge in [-0.1, -0.05) is 36.4 Å². The van der Waals surface area contributed by atoms with Crippen LogP contribution in [0.25, 0.3) is 10.8 Å². The van der Waals surface area contributed by atoms with Crippen LogP contribution in [0, 0.1) is 0 Å². The van der Waals surface area contributed by atoms with Crippen LogP contribution in [-0.2, 0) is 5.54 Å². The largest absolute Gasteiger partial charge is 0.317 e. The summed E-state index contributed by atoms with van der Waals surface area (Å²) in [7, 11) is 0. The molecule has 0 saturated carbocycles. The Morgan fingerprint density at radius 2 is 1.69 bits per heavy atom. The second-order valence-electron chi connectivity index (χ2n) is 4.15. The number of alkyl halides is 2. The third kappa shape index (κ3) is 1.78. The smallest absolute Gasteiger partial charge is 0.260 e. The Balaban J connectivity index is 2.55. The van der Waals surface area contributed by atoms with Crippen LogP contribution in [0.15, 0.2) is 42.5 Å². The van der Waals surface area contributed by atoms with Crippen molar-refractivity contribution >= 4 is 10.8 Å². The number of hydrogen-bond acceptors (Lipinski definition) is 1. The van der Waals surface area contributed by atoms with E-state index < -0.39 is 12.0 Å². The highest BCUT2D eigenvalue weighted by atomic mass is 19.3. The van der Waals surface area contributed by atoms with E-state index in [1.54, 1.807) is 12.1 Å². The van der Waals surface area contributed by atoms with Gasteiger partial charge in [-0.25, -0.2) is 8.78 Å². The molecule has 2 N–H and O–H groups in total. The molecular weight excluding hydrogens is 208 g/mol. The maximum atomic E-state index is 12.8. The molecule has 0 amide bonds. The predicted molar refractivity (Wildman–Crippen MR) is 61.5 cm³/mol. The molecule has 2 aromatic carbocycles. The van der Waals surface area contributed by atoms with Crippen molar-refractivity contribution < 1.29 is 8.78 Å². The highest BCUT2D eigenvalue weighted by Gasteiger charge is 2.32. The van der Waals surface area contributed by atoms with Gasteiger partial charge in [-0.2, -0.15) is 0 Å². The molecule has 2 aromatic rings. The highest BCUT2D eigenvalue weighted by molar-refractivity contribution is 5.83. The van der Waals surface area contributed by atoms with Crippen molar-refractivity contribution in [2.45, 2.75) is 18.9 Å². The van der Waals surface area contributed by atoms with Gasteiger partial charge in [-0.05, 0) is 29.3 Å². The van der Waals surface area contributed by atoms with Gasteiger partial charge in [0.15, 0.2) is 0 Å². The predicted octanol–water partition coefficient (Wildman–Crippen LogP) is 3.28. The van der Waals surface area contributed by atoms with Gasteiger partial charge in [0, 0.05) is 0 Å². The number of halogens is 2. The first-order chi connectivity index (χ1) is 7.51. The lowest BCUT2D eigenvalue weighted by Gasteiger charge is -2.24. The minimum atomic E-state index is -2.58. The molecule has 84 valence electrons. The molecule has 2 rings (SSSR count). The second-order valence-corrected chi connectivity index (χ2v) is 4.15. The van der Waals surface area contributed by atoms with Crippen LogP contribution in [0.3, 0.4) is 0 Å². The number of benzene rings is 2. The summed E-state index contributed by atoms with van der Waals surface area (Å²) in [6.45, 7) is 1.35. The molecule has 0 radical (unpaired) electrons. The van der Waals surface area contributed by atoms with Gasteiger partial charge >= 0.3 is 0 Å². The van der Waals surface area contributed by atoms with E-state index in [0.29, 0.717) is 5.56 Å². The number of rotatable bonds is 2. The molecule has 0 saturated heterocycles. The molecule has 0 aliphatic rings. The number of hydrogen-bond donors (Lipinski definition) is 1. The zero-order valence-electron chi connectivity index (χ0n) is 8.95. The Hall–Kier alpha value is -1.48. The van der Waals surface area contributed by atoms with E-state index >= 15 is 0 Å². The average Bonchev–Trinajstić information content (AvgIpc) is 2.28. The lowest BCUT2D eigenvalue weighted by Crippen LogP contribution is -2.40. The van der Waals surface area contributed by atoms with Crippen LogP contribution >= 0.6 is 0 Å². The van der Waals surface area contributed by atoms with Crippen LogP contribution in [0.1, 0.15) is 12.5 Å². The topological polar surface area (TPSA) is 26.0 Å². The van der Waals surface area contributed by atoms with Gasteiger partial charge in [-0.3, -0.25) is 0 Å². The summed E-state index contributed by atoms with van der Waals surface area (Å²) in [6.07, 6.45) is -2.58. The van der Waals surface area contributed by atoms with Gasteiger partial charge in [0.1, 0.15) is 0 Å². The van der Waals surface area contributed by atoms with Crippen molar-refractivity contribution in [3.05, 3.63) is 48.0 Å². The van der Waals surface area contributed by atoms with Crippen molar-refractivity contribution in [3.8, 4) is 0 Å². The van der Waals surface area contributed by atoms with E-state index in [0.717, 1.165) is 10.8 Å². The lowest BCUT2D eigenvalue weighted by atomic mass is 9.92.